The molecule has 0 spiro atoms. The van der Waals surface area contributed by atoms with Crippen molar-refractivity contribution < 1.29 is 0 Å². The molecule has 0 aliphatic carbocycles. The number of nitrogens with zero attached hydrogens (tertiary/aromatic N) is 4. The van der Waals surface area contributed by atoms with E-state index in [1.54, 1.807) is 0 Å². The molecule has 0 radical (unpaired) electrons. The molecule has 2 aromatic rings. The van der Waals surface area contributed by atoms with Crippen molar-refractivity contribution >= 4 is 5.96 Å². The highest BCUT2D eigenvalue weighted by molar-refractivity contribution is 5.79. The fourth-order valence-electron chi connectivity index (χ4n) is 2.71. The van der Waals surface area contributed by atoms with Gasteiger partial charge < -0.3 is 10.2 Å². The molecule has 130 valence electrons. The van der Waals surface area contributed by atoms with E-state index < -0.39 is 0 Å². The molecule has 0 aliphatic rings. The van der Waals surface area contributed by atoms with E-state index >= 15 is 0 Å². The lowest BCUT2D eigenvalue weighted by molar-refractivity contribution is 0.476. The third kappa shape index (κ3) is 4.37. The number of guanidine groups is 1. The molecule has 24 heavy (non-hydrogen) atoms. The summed E-state index contributed by atoms with van der Waals surface area (Å²) in [6, 6.07) is 8.64. The Labute approximate surface area is 145 Å². The number of aromatic nitrogens is 2. The van der Waals surface area contributed by atoms with Crippen LogP contribution in [0, 0.1) is 20.8 Å². The van der Waals surface area contributed by atoms with Crippen LogP contribution in [0.25, 0.3) is 0 Å². The second-order valence-electron chi connectivity index (χ2n) is 6.28. The number of rotatable bonds is 5. The number of hydrogen-bond acceptors (Lipinski definition) is 2. The SMILES string of the molecule is CCNC(=NCc1c(C)nn(C)c1C)N(C)Cc1ccc(C)cc1. The van der Waals surface area contributed by atoms with Crippen LogP contribution in [0.5, 0.6) is 0 Å². The van der Waals surface area contributed by atoms with E-state index in [2.05, 4.69) is 67.4 Å². The van der Waals surface area contributed by atoms with E-state index in [0.29, 0.717) is 6.54 Å². The minimum absolute atomic E-state index is 0.645. The lowest BCUT2D eigenvalue weighted by atomic mass is 10.1. The predicted octanol–water partition coefficient (Wildman–Crippen LogP) is 2.94. The summed E-state index contributed by atoms with van der Waals surface area (Å²) in [4.78, 5) is 6.97. The van der Waals surface area contributed by atoms with E-state index in [9.17, 15) is 0 Å². The lowest BCUT2D eigenvalue weighted by Crippen LogP contribution is -2.38. The monoisotopic (exact) mass is 327 g/mol. The van der Waals surface area contributed by atoms with Crippen molar-refractivity contribution in [2.24, 2.45) is 12.0 Å². The lowest BCUT2D eigenvalue weighted by Gasteiger charge is -2.22. The van der Waals surface area contributed by atoms with Crippen LogP contribution in [0.3, 0.4) is 0 Å². The molecule has 0 saturated carbocycles. The highest BCUT2D eigenvalue weighted by Crippen LogP contribution is 2.13. The van der Waals surface area contributed by atoms with Gasteiger partial charge in [-0.2, -0.15) is 5.10 Å². The molecule has 0 bridgehead atoms. The van der Waals surface area contributed by atoms with E-state index in [1.807, 2.05) is 18.7 Å². The first-order valence-corrected chi connectivity index (χ1v) is 8.46. The number of hydrogen-bond donors (Lipinski definition) is 1. The first kappa shape index (κ1) is 18.0. The predicted molar refractivity (Wildman–Crippen MR) is 100 cm³/mol. The third-order valence-electron chi connectivity index (χ3n) is 4.28. The first-order chi connectivity index (χ1) is 11.4. The molecule has 0 saturated heterocycles. The van der Waals surface area contributed by atoms with Gasteiger partial charge in [0.1, 0.15) is 0 Å². The van der Waals surface area contributed by atoms with E-state index in [0.717, 1.165) is 24.7 Å². The van der Waals surface area contributed by atoms with Crippen molar-refractivity contribution in [2.75, 3.05) is 13.6 Å². The molecule has 2 rings (SSSR count). The Kier molecular flexibility index (Phi) is 6.01. The zero-order valence-electron chi connectivity index (χ0n) is 15.7. The summed E-state index contributed by atoms with van der Waals surface area (Å²) >= 11 is 0. The van der Waals surface area contributed by atoms with Crippen LogP contribution in [0.15, 0.2) is 29.3 Å². The van der Waals surface area contributed by atoms with Crippen LogP contribution in [-0.2, 0) is 20.1 Å². The van der Waals surface area contributed by atoms with Gasteiger partial charge in [-0.3, -0.25) is 4.68 Å². The summed E-state index contributed by atoms with van der Waals surface area (Å²) in [5.74, 6) is 0.917. The van der Waals surface area contributed by atoms with Crippen molar-refractivity contribution in [2.45, 2.75) is 40.8 Å². The summed E-state index contributed by atoms with van der Waals surface area (Å²) in [7, 11) is 4.05. The smallest absolute Gasteiger partial charge is 0.194 e. The molecular weight excluding hydrogens is 298 g/mol. The van der Waals surface area contributed by atoms with Crippen LogP contribution in [0.1, 0.15) is 35.0 Å². The average Bonchev–Trinajstić information content (AvgIpc) is 2.79. The van der Waals surface area contributed by atoms with Gasteiger partial charge in [-0.25, -0.2) is 4.99 Å². The number of nitrogens with one attached hydrogen (secondary N) is 1. The highest BCUT2D eigenvalue weighted by atomic mass is 15.3. The molecule has 0 unspecified atom stereocenters. The maximum Gasteiger partial charge on any atom is 0.194 e. The van der Waals surface area contributed by atoms with Gasteiger partial charge >= 0.3 is 0 Å². The number of aryl methyl sites for hydroxylation is 3. The van der Waals surface area contributed by atoms with Crippen LogP contribution >= 0.6 is 0 Å². The molecule has 0 amide bonds. The maximum absolute atomic E-state index is 4.81. The Bertz CT molecular complexity index is 697. The fourth-order valence-corrected chi connectivity index (χ4v) is 2.71. The zero-order chi connectivity index (χ0) is 17.7. The van der Waals surface area contributed by atoms with Gasteiger partial charge in [-0.15, -0.1) is 0 Å². The number of aliphatic imine (C=N–C) groups is 1. The van der Waals surface area contributed by atoms with E-state index in [1.165, 1.54) is 22.4 Å². The highest BCUT2D eigenvalue weighted by Gasteiger charge is 2.11. The van der Waals surface area contributed by atoms with Gasteiger partial charge in [-0.1, -0.05) is 29.8 Å². The molecular formula is C19H29N5. The van der Waals surface area contributed by atoms with Crippen molar-refractivity contribution in [3.8, 4) is 0 Å². The van der Waals surface area contributed by atoms with Crippen molar-refractivity contribution in [3.63, 3.8) is 0 Å². The maximum atomic E-state index is 4.81. The van der Waals surface area contributed by atoms with Crippen LogP contribution in [0.2, 0.25) is 0 Å². The second-order valence-corrected chi connectivity index (χ2v) is 6.28. The topological polar surface area (TPSA) is 45.5 Å². The first-order valence-electron chi connectivity index (χ1n) is 8.46. The van der Waals surface area contributed by atoms with E-state index in [-0.39, 0.29) is 0 Å². The molecule has 1 N–H and O–H groups in total. The Morgan fingerprint density at radius 3 is 2.42 bits per heavy atom. The summed E-state index contributed by atoms with van der Waals surface area (Å²) in [6.45, 7) is 10.7. The standard InChI is InChI=1S/C19H29N5/c1-7-20-19(21-12-18-15(3)22-24(6)16(18)4)23(5)13-17-10-8-14(2)9-11-17/h8-11H,7,12-13H2,1-6H3,(H,20,21). The van der Waals surface area contributed by atoms with Crippen molar-refractivity contribution in [1.82, 2.24) is 20.0 Å². The minimum atomic E-state index is 0.645. The normalized spacial score (nSPS) is 11.7. The second kappa shape index (κ2) is 7.99. The molecule has 0 aliphatic heterocycles. The fraction of sp³-hybridized carbons (Fsp3) is 0.474. The van der Waals surface area contributed by atoms with Gasteiger partial charge in [0.05, 0.1) is 12.2 Å². The summed E-state index contributed by atoms with van der Waals surface area (Å²) in [5, 5.41) is 7.85. The number of benzene rings is 1. The largest absolute Gasteiger partial charge is 0.357 e. The van der Waals surface area contributed by atoms with Crippen LogP contribution < -0.4 is 5.32 Å². The van der Waals surface area contributed by atoms with Gasteiger partial charge in [0.15, 0.2) is 5.96 Å². The van der Waals surface area contributed by atoms with Crippen LogP contribution in [-0.4, -0.2) is 34.2 Å². The summed E-state index contributed by atoms with van der Waals surface area (Å²) < 4.78 is 1.92. The van der Waals surface area contributed by atoms with Crippen molar-refractivity contribution in [3.05, 3.63) is 52.3 Å². The van der Waals surface area contributed by atoms with Crippen LogP contribution in [0.4, 0.5) is 0 Å². The molecule has 1 heterocycles. The molecule has 1 aromatic carbocycles. The quantitative estimate of drug-likeness (QED) is 0.678. The molecule has 0 atom stereocenters. The van der Waals surface area contributed by atoms with Crippen molar-refractivity contribution in [1.29, 1.82) is 0 Å². The third-order valence-corrected chi connectivity index (χ3v) is 4.28. The van der Waals surface area contributed by atoms with Gasteiger partial charge in [0, 0.05) is 38.4 Å². The summed E-state index contributed by atoms with van der Waals surface area (Å²) in [6.07, 6.45) is 0. The Morgan fingerprint density at radius 1 is 1.21 bits per heavy atom. The molecule has 1 aromatic heterocycles. The van der Waals surface area contributed by atoms with Gasteiger partial charge in [0.2, 0.25) is 0 Å². The van der Waals surface area contributed by atoms with Gasteiger partial charge in [-0.05, 0) is 33.3 Å². The Morgan fingerprint density at radius 2 is 1.88 bits per heavy atom. The molecule has 5 heteroatoms. The summed E-state index contributed by atoms with van der Waals surface area (Å²) in [5.41, 5.74) is 5.99. The average molecular weight is 327 g/mol. The zero-order valence-corrected chi connectivity index (χ0v) is 15.7. The Hall–Kier alpha value is -2.30. The molecule has 5 nitrogen and oxygen atoms in total. The van der Waals surface area contributed by atoms with Gasteiger partial charge in [0.25, 0.3) is 0 Å². The Balaban J connectivity index is 2.13. The van der Waals surface area contributed by atoms with E-state index in [4.69, 9.17) is 4.99 Å². The molecule has 0 fully saturated rings. The minimum Gasteiger partial charge on any atom is -0.357 e.